The molecule has 1 fully saturated rings. The van der Waals surface area contributed by atoms with Gasteiger partial charge in [0.2, 0.25) is 0 Å². The van der Waals surface area contributed by atoms with E-state index in [9.17, 15) is 4.79 Å². The maximum Gasteiger partial charge on any atom is 0.316 e. The van der Waals surface area contributed by atoms with Gasteiger partial charge in [-0.1, -0.05) is 17.7 Å². The van der Waals surface area contributed by atoms with Gasteiger partial charge in [-0.3, -0.25) is 4.79 Å². The summed E-state index contributed by atoms with van der Waals surface area (Å²) in [7, 11) is 0. The fraction of sp³-hybridized carbons (Fsp3) is 0.300. The summed E-state index contributed by atoms with van der Waals surface area (Å²) in [4.78, 5) is 29.3. The quantitative estimate of drug-likeness (QED) is 0.579. The van der Waals surface area contributed by atoms with Gasteiger partial charge in [-0.15, -0.1) is 11.4 Å². The van der Waals surface area contributed by atoms with Crippen LogP contribution < -0.4 is 4.74 Å². The van der Waals surface area contributed by atoms with Crippen molar-refractivity contribution in [2.24, 2.45) is 0 Å². The average Bonchev–Trinajstić information content (AvgIpc) is 3.29. The van der Waals surface area contributed by atoms with Crippen molar-refractivity contribution in [3.05, 3.63) is 66.0 Å². The molecule has 0 bridgehead atoms. The Morgan fingerprint density at radius 2 is 2.00 bits per heavy atom. The van der Waals surface area contributed by atoms with E-state index < -0.39 is 0 Å². The topological polar surface area (TPSA) is 98.9 Å². The number of nitrogens with zero attached hydrogens (tertiary/aromatic N) is 7. The number of amides is 1. The van der Waals surface area contributed by atoms with Crippen LogP contribution in [0.15, 0.2) is 49.6 Å². The molecule has 2 atom stereocenters. The molecular formula is C20H20ClN7O2. The molecule has 0 N–H and O–H groups in total. The van der Waals surface area contributed by atoms with Crippen molar-refractivity contribution in [1.29, 1.82) is 0 Å². The highest BCUT2D eigenvalue weighted by Crippen LogP contribution is 2.25. The van der Waals surface area contributed by atoms with Gasteiger partial charge in [0.05, 0.1) is 35.9 Å². The number of aryl methyl sites for hydroxylation is 1. The van der Waals surface area contributed by atoms with E-state index in [-0.39, 0.29) is 29.8 Å². The second kappa shape index (κ2) is 8.58. The number of hydrogen-bond donors (Lipinski definition) is 0. The van der Waals surface area contributed by atoms with E-state index in [0.717, 1.165) is 18.5 Å². The molecular weight excluding hydrogens is 406 g/mol. The van der Waals surface area contributed by atoms with E-state index >= 15 is 0 Å². The van der Waals surface area contributed by atoms with Gasteiger partial charge in [0.1, 0.15) is 11.8 Å². The molecule has 0 aliphatic carbocycles. The summed E-state index contributed by atoms with van der Waals surface area (Å²) in [6.45, 7) is 6.31. The Bertz CT molecular complexity index is 1040. The normalized spacial score (nSPS) is 18.8. The highest BCUT2D eigenvalue weighted by atomic mass is 35.5. The first-order chi connectivity index (χ1) is 14.6. The SMILES string of the molecule is C=CC1C(Oc2ncc(Cl)cn2)CCCN1C(=O)c1nc(C)ccc1-n1nccn1. The lowest BCUT2D eigenvalue weighted by atomic mass is 9.98. The van der Waals surface area contributed by atoms with Gasteiger partial charge in [-0.25, -0.2) is 15.0 Å². The van der Waals surface area contributed by atoms with Crippen LogP contribution in [0, 0.1) is 6.92 Å². The summed E-state index contributed by atoms with van der Waals surface area (Å²) in [5, 5.41) is 8.71. The largest absolute Gasteiger partial charge is 0.458 e. The van der Waals surface area contributed by atoms with Crippen LogP contribution in [0.2, 0.25) is 5.02 Å². The predicted molar refractivity (Wildman–Crippen MR) is 110 cm³/mol. The highest BCUT2D eigenvalue weighted by molar-refractivity contribution is 6.30. The lowest BCUT2D eigenvalue weighted by Crippen LogP contribution is -2.52. The Kier molecular flexibility index (Phi) is 5.71. The fourth-order valence-electron chi connectivity index (χ4n) is 3.47. The molecule has 154 valence electrons. The summed E-state index contributed by atoms with van der Waals surface area (Å²) in [5.41, 5.74) is 1.52. The third-order valence-electron chi connectivity index (χ3n) is 4.83. The summed E-state index contributed by atoms with van der Waals surface area (Å²) in [6.07, 6.45) is 8.92. The van der Waals surface area contributed by atoms with E-state index in [1.54, 1.807) is 29.4 Å². The number of piperidine rings is 1. The lowest BCUT2D eigenvalue weighted by Gasteiger charge is -2.39. The summed E-state index contributed by atoms with van der Waals surface area (Å²) < 4.78 is 5.96. The first-order valence-corrected chi connectivity index (χ1v) is 9.86. The van der Waals surface area contributed by atoms with Gasteiger partial charge in [-0.05, 0) is 31.9 Å². The third kappa shape index (κ3) is 4.02. The molecule has 4 rings (SSSR count). The predicted octanol–water partition coefficient (Wildman–Crippen LogP) is 2.65. The molecule has 0 saturated carbocycles. The zero-order valence-corrected chi connectivity index (χ0v) is 17.1. The Labute approximate surface area is 178 Å². The minimum atomic E-state index is -0.369. The van der Waals surface area contributed by atoms with Gasteiger partial charge in [-0.2, -0.15) is 10.2 Å². The minimum Gasteiger partial charge on any atom is -0.458 e. The highest BCUT2D eigenvalue weighted by Gasteiger charge is 2.36. The maximum absolute atomic E-state index is 13.5. The average molecular weight is 426 g/mol. The van der Waals surface area contributed by atoms with E-state index in [0.29, 0.717) is 17.3 Å². The van der Waals surface area contributed by atoms with Crippen LogP contribution in [-0.2, 0) is 0 Å². The smallest absolute Gasteiger partial charge is 0.316 e. The molecule has 3 aromatic heterocycles. The number of halogens is 1. The van der Waals surface area contributed by atoms with Crippen molar-refractivity contribution in [3.8, 4) is 11.7 Å². The standard InChI is InChI=1S/C20H20ClN7O2/c1-3-15-17(30-20-22-11-14(21)12-23-20)5-4-10-27(15)19(29)18-16(7-6-13(2)26-18)28-24-8-9-25-28/h3,6-9,11-12,15,17H,1,4-5,10H2,2H3. The molecule has 10 heteroatoms. The van der Waals surface area contributed by atoms with Crippen LogP contribution in [0.5, 0.6) is 6.01 Å². The number of ether oxygens (including phenoxy) is 1. The molecule has 2 unspecified atom stereocenters. The molecule has 4 heterocycles. The molecule has 0 aromatic carbocycles. The van der Waals surface area contributed by atoms with Crippen molar-refractivity contribution < 1.29 is 9.53 Å². The van der Waals surface area contributed by atoms with Crippen LogP contribution in [0.3, 0.4) is 0 Å². The summed E-state index contributed by atoms with van der Waals surface area (Å²) in [5.74, 6) is -0.235. The van der Waals surface area contributed by atoms with Crippen LogP contribution in [0.1, 0.15) is 29.0 Å². The number of carbonyl (C=O) groups is 1. The second-order valence-electron chi connectivity index (χ2n) is 6.85. The Morgan fingerprint density at radius 1 is 1.27 bits per heavy atom. The van der Waals surface area contributed by atoms with E-state index in [2.05, 4.69) is 31.7 Å². The van der Waals surface area contributed by atoms with Crippen LogP contribution in [-0.4, -0.2) is 59.4 Å². The van der Waals surface area contributed by atoms with Gasteiger partial charge < -0.3 is 9.64 Å². The van der Waals surface area contributed by atoms with Gasteiger partial charge in [0, 0.05) is 12.2 Å². The lowest BCUT2D eigenvalue weighted by molar-refractivity contribution is 0.0328. The molecule has 3 aromatic rings. The molecule has 0 radical (unpaired) electrons. The zero-order valence-electron chi connectivity index (χ0n) is 16.3. The van der Waals surface area contributed by atoms with Crippen molar-refractivity contribution in [2.75, 3.05) is 6.54 Å². The van der Waals surface area contributed by atoms with Gasteiger partial charge >= 0.3 is 6.01 Å². The molecule has 1 saturated heterocycles. The second-order valence-corrected chi connectivity index (χ2v) is 7.28. The third-order valence-corrected chi connectivity index (χ3v) is 5.03. The first kappa shape index (κ1) is 20.0. The Balaban J connectivity index is 1.63. The number of aromatic nitrogens is 6. The monoisotopic (exact) mass is 425 g/mol. The molecule has 1 aliphatic heterocycles. The number of hydrogen-bond acceptors (Lipinski definition) is 7. The van der Waals surface area contributed by atoms with E-state index in [4.69, 9.17) is 16.3 Å². The molecule has 30 heavy (non-hydrogen) atoms. The number of pyridine rings is 1. The van der Waals surface area contributed by atoms with Crippen LogP contribution in [0.25, 0.3) is 5.69 Å². The van der Waals surface area contributed by atoms with Crippen molar-refractivity contribution >= 4 is 17.5 Å². The number of likely N-dealkylation sites (tertiary alicyclic amines) is 1. The first-order valence-electron chi connectivity index (χ1n) is 9.49. The molecule has 0 spiro atoms. The summed E-state index contributed by atoms with van der Waals surface area (Å²) >= 11 is 5.84. The van der Waals surface area contributed by atoms with E-state index in [1.165, 1.54) is 17.2 Å². The minimum absolute atomic E-state index is 0.209. The van der Waals surface area contributed by atoms with Crippen LogP contribution in [0.4, 0.5) is 0 Å². The zero-order chi connectivity index (χ0) is 21.1. The van der Waals surface area contributed by atoms with Crippen molar-refractivity contribution in [1.82, 2.24) is 34.8 Å². The van der Waals surface area contributed by atoms with Crippen molar-refractivity contribution in [3.63, 3.8) is 0 Å². The van der Waals surface area contributed by atoms with Crippen LogP contribution >= 0.6 is 11.6 Å². The number of rotatable bonds is 5. The Morgan fingerprint density at radius 3 is 2.70 bits per heavy atom. The molecule has 1 aliphatic rings. The summed E-state index contributed by atoms with van der Waals surface area (Å²) in [6, 6.07) is 3.45. The van der Waals surface area contributed by atoms with Crippen molar-refractivity contribution in [2.45, 2.75) is 31.9 Å². The van der Waals surface area contributed by atoms with Gasteiger partial charge in [0.15, 0.2) is 5.69 Å². The molecule has 1 amide bonds. The van der Waals surface area contributed by atoms with E-state index in [1.807, 2.05) is 13.0 Å². The fourth-order valence-corrected chi connectivity index (χ4v) is 3.57. The molecule has 9 nitrogen and oxygen atoms in total. The maximum atomic E-state index is 13.5. The Hall–Kier alpha value is -3.33. The number of carbonyl (C=O) groups excluding carboxylic acids is 1. The van der Waals surface area contributed by atoms with Gasteiger partial charge in [0.25, 0.3) is 5.91 Å².